The number of hydrogen-bond donors (Lipinski definition) is 2. The van der Waals surface area contributed by atoms with E-state index in [1.54, 1.807) is 24.3 Å². The number of sulfonamides is 1. The van der Waals surface area contributed by atoms with E-state index in [-0.39, 0.29) is 18.4 Å². The third-order valence-corrected chi connectivity index (χ3v) is 6.14. The van der Waals surface area contributed by atoms with E-state index in [9.17, 15) is 13.2 Å². The molecule has 0 bridgehead atoms. The number of piperidine rings is 1. The number of nitrogens with one attached hydrogen (secondary N) is 2. The summed E-state index contributed by atoms with van der Waals surface area (Å²) in [4.78, 5) is 12.5. The molecule has 1 aliphatic heterocycles. The molecule has 1 saturated heterocycles. The largest absolute Gasteiger partial charge is 0.355 e. The van der Waals surface area contributed by atoms with Gasteiger partial charge in [0.15, 0.2) is 0 Å². The number of hydrogen-bond acceptors (Lipinski definition) is 4. The van der Waals surface area contributed by atoms with Crippen molar-refractivity contribution in [3.05, 3.63) is 29.8 Å². The van der Waals surface area contributed by atoms with Crippen LogP contribution in [0.15, 0.2) is 29.2 Å². The molecule has 0 saturated carbocycles. The highest BCUT2D eigenvalue weighted by Crippen LogP contribution is 2.24. The van der Waals surface area contributed by atoms with Gasteiger partial charge in [0.25, 0.3) is 0 Å². The summed E-state index contributed by atoms with van der Waals surface area (Å²) in [5.74, 6) is -0.336. The summed E-state index contributed by atoms with van der Waals surface area (Å²) in [6.07, 6.45) is 1.43. The lowest BCUT2D eigenvalue weighted by Gasteiger charge is -2.31. The fourth-order valence-corrected chi connectivity index (χ4v) is 4.35. The van der Waals surface area contributed by atoms with Gasteiger partial charge in [-0.25, -0.2) is 8.42 Å². The van der Waals surface area contributed by atoms with Crippen molar-refractivity contribution in [1.82, 2.24) is 14.9 Å². The Labute approximate surface area is 144 Å². The Kier molecular flexibility index (Phi) is 6.77. The van der Waals surface area contributed by atoms with Crippen LogP contribution in [-0.4, -0.2) is 51.4 Å². The van der Waals surface area contributed by atoms with Crippen LogP contribution in [0.2, 0.25) is 0 Å². The maximum Gasteiger partial charge on any atom is 0.243 e. The monoisotopic (exact) mass is 353 g/mol. The SMILES string of the molecule is CCNCCNC(=O)C1CCCN(S(=O)(=O)c2ccc(C)cc2)C1. The van der Waals surface area contributed by atoms with Crippen molar-refractivity contribution >= 4 is 15.9 Å². The maximum atomic E-state index is 12.8. The van der Waals surface area contributed by atoms with Crippen LogP contribution in [0.1, 0.15) is 25.3 Å². The average molecular weight is 353 g/mol. The van der Waals surface area contributed by atoms with Gasteiger partial charge in [0, 0.05) is 26.2 Å². The van der Waals surface area contributed by atoms with Crippen LogP contribution in [-0.2, 0) is 14.8 Å². The first kappa shape index (κ1) is 18.9. The molecule has 24 heavy (non-hydrogen) atoms. The topological polar surface area (TPSA) is 78.5 Å². The molecular weight excluding hydrogens is 326 g/mol. The first-order valence-corrected chi connectivity index (χ1v) is 9.94. The van der Waals surface area contributed by atoms with Gasteiger partial charge >= 0.3 is 0 Å². The first-order chi connectivity index (χ1) is 11.4. The molecule has 1 aromatic carbocycles. The Bertz CT molecular complexity index is 644. The van der Waals surface area contributed by atoms with Crippen LogP contribution in [0.4, 0.5) is 0 Å². The summed E-state index contributed by atoms with van der Waals surface area (Å²) in [6.45, 7) is 6.80. The second kappa shape index (κ2) is 8.60. The van der Waals surface area contributed by atoms with E-state index in [1.165, 1.54) is 4.31 Å². The zero-order chi connectivity index (χ0) is 17.6. The molecule has 0 spiro atoms. The highest BCUT2D eigenvalue weighted by Gasteiger charge is 2.33. The third kappa shape index (κ3) is 4.78. The van der Waals surface area contributed by atoms with Gasteiger partial charge in [-0.15, -0.1) is 0 Å². The van der Waals surface area contributed by atoms with Gasteiger partial charge < -0.3 is 10.6 Å². The molecule has 1 aromatic rings. The molecule has 134 valence electrons. The predicted molar refractivity (Wildman–Crippen MR) is 94.2 cm³/mol. The van der Waals surface area contributed by atoms with Gasteiger partial charge in [-0.3, -0.25) is 4.79 Å². The Balaban J connectivity index is 1.99. The molecule has 2 N–H and O–H groups in total. The number of aryl methyl sites for hydroxylation is 1. The van der Waals surface area contributed by atoms with Crippen LogP contribution in [0.5, 0.6) is 0 Å². The van der Waals surface area contributed by atoms with E-state index in [4.69, 9.17) is 0 Å². The van der Waals surface area contributed by atoms with Crippen LogP contribution < -0.4 is 10.6 Å². The van der Waals surface area contributed by atoms with E-state index in [0.29, 0.717) is 24.4 Å². The fourth-order valence-electron chi connectivity index (χ4n) is 2.83. The first-order valence-electron chi connectivity index (χ1n) is 8.50. The summed E-state index contributed by atoms with van der Waals surface area (Å²) in [7, 11) is -3.53. The Morgan fingerprint density at radius 1 is 1.25 bits per heavy atom. The molecule has 1 aliphatic rings. The van der Waals surface area contributed by atoms with Gasteiger partial charge in [-0.2, -0.15) is 4.31 Å². The quantitative estimate of drug-likeness (QED) is 0.720. The molecule has 1 atom stereocenters. The van der Waals surface area contributed by atoms with Gasteiger partial charge in [0.1, 0.15) is 0 Å². The molecule has 1 heterocycles. The number of nitrogens with zero attached hydrogens (tertiary/aromatic N) is 1. The minimum Gasteiger partial charge on any atom is -0.355 e. The number of carbonyl (C=O) groups is 1. The summed E-state index contributed by atoms with van der Waals surface area (Å²) in [6, 6.07) is 6.85. The fraction of sp³-hybridized carbons (Fsp3) is 0.588. The van der Waals surface area contributed by atoms with Gasteiger partial charge in [-0.1, -0.05) is 24.6 Å². The Morgan fingerprint density at radius 2 is 1.96 bits per heavy atom. The summed E-state index contributed by atoms with van der Waals surface area (Å²) in [5.41, 5.74) is 1.02. The minimum absolute atomic E-state index is 0.0586. The minimum atomic E-state index is -3.53. The molecule has 1 unspecified atom stereocenters. The maximum absolute atomic E-state index is 12.8. The zero-order valence-corrected chi connectivity index (χ0v) is 15.2. The van der Waals surface area contributed by atoms with Crippen LogP contribution in [0.25, 0.3) is 0 Å². The summed E-state index contributed by atoms with van der Waals surface area (Å²) < 4.78 is 26.9. The van der Waals surface area contributed by atoms with E-state index in [1.807, 2.05) is 13.8 Å². The molecule has 7 heteroatoms. The predicted octanol–water partition coefficient (Wildman–Crippen LogP) is 1.12. The number of benzene rings is 1. The van der Waals surface area contributed by atoms with Gasteiger partial charge in [0.2, 0.25) is 15.9 Å². The van der Waals surface area contributed by atoms with E-state index in [0.717, 1.165) is 25.1 Å². The van der Waals surface area contributed by atoms with Crippen molar-refractivity contribution in [1.29, 1.82) is 0 Å². The standard InChI is InChI=1S/C17H27N3O3S/c1-3-18-10-11-19-17(21)15-5-4-12-20(13-15)24(22,23)16-8-6-14(2)7-9-16/h6-9,15,18H,3-5,10-13H2,1-2H3,(H,19,21). The summed E-state index contributed by atoms with van der Waals surface area (Å²) >= 11 is 0. The highest BCUT2D eigenvalue weighted by molar-refractivity contribution is 7.89. The van der Waals surface area contributed by atoms with E-state index >= 15 is 0 Å². The molecule has 6 nitrogen and oxygen atoms in total. The number of carbonyl (C=O) groups excluding carboxylic acids is 1. The zero-order valence-electron chi connectivity index (χ0n) is 14.4. The van der Waals surface area contributed by atoms with Crippen LogP contribution in [0, 0.1) is 12.8 Å². The molecule has 1 fully saturated rings. The lowest BCUT2D eigenvalue weighted by Crippen LogP contribution is -2.46. The van der Waals surface area contributed by atoms with Crippen LogP contribution >= 0.6 is 0 Å². The van der Waals surface area contributed by atoms with Crippen molar-refractivity contribution in [2.24, 2.45) is 5.92 Å². The van der Waals surface area contributed by atoms with E-state index in [2.05, 4.69) is 10.6 Å². The number of likely N-dealkylation sites (N-methyl/N-ethyl adjacent to an activating group) is 1. The van der Waals surface area contributed by atoms with Gasteiger partial charge in [-0.05, 0) is 38.4 Å². The second-order valence-corrected chi connectivity index (χ2v) is 8.10. The highest BCUT2D eigenvalue weighted by atomic mass is 32.2. The number of amides is 1. The third-order valence-electron chi connectivity index (χ3n) is 4.26. The molecule has 1 amide bonds. The second-order valence-electron chi connectivity index (χ2n) is 6.16. The molecule has 0 aliphatic carbocycles. The Hall–Kier alpha value is -1.44. The van der Waals surface area contributed by atoms with Crippen molar-refractivity contribution in [2.75, 3.05) is 32.7 Å². The van der Waals surface area contributed by atoms with Crippen LogP contribution in [0.3, 0.4) is 0 Å². The molecule has 0 aromatic heterocycles. The molecule has 0 radical (unpaired) electrons. The molecular formula is C17H27N3O3S. The average Bonchev–Trinajstić information content (AvgIpc) is 2.59. The number of rotatable bonds is 7. The van der Waals surface area contributed by atoms with E-state index < -0.39 is 10.0 Å². The van der Waals surface area contributed by atoms with Crippen molar-refractivity contribution in [2.45, 2.75) is 31.6 Å². The van der Waals surface area contributed by atoms with Crippen molar-refractivity contribution in [3.8, 4) is 0 Å². The molecule has 2 rings (SSSR count). The lowest BCUT2D eigenvalue weighted by atomic mass is 9.99. The lowest BCUT2D eigenvalue weighted by molar-refractivity contribution is -0.126. The van der Waals surface area contributed by atoms with Gasteiger partial charge in [0.05, 0.1) is 10.8 Å². The van der Waals surface area contributed by atoms with Crippen molar-refractivity contribution < 1.29 is 13.2 Å². The Morgan fingerprint density at radius 3 is 2.62 bits per heavy atom. The smallest absolute Gasteiger partial charge is 0.243 e. The van der Waals surface area contributed by atoms with Crippen molar-refractivity contribution in [3.63, 3.8) is 0 Å². The normalized spacial score (nSPS) is 19.2. The summed E-state index contributed by atoms with van der Waals surface area (Å²) in [5, 5.41) is 6.03.